The molecular formula is C17H25N3O3. The molecule has 2 atom stereocenters. The van der Waals surface area contributed by atoms with Crippen LogP contribution in [0.25, 0.3) is 0 Å². The molecule has 6 heteroatoms. The molecule has 1 spiro atoms. The minimum atomic E-state index is -0.0984. The zero-order valence-corrected chi connectivity index (χ0v) is 13.9. The molecule has 1 amide bonds. The third kappa shape index (κ3) is 4.07. The highest BCUT2D eigenvalue weighted by molar-refractivity contribution is 5.76. The second-order valence-electron chi connectivity index (χ2n) is 6.74. The quantitative estimate of drug-likeness (QED) is 0.808. The Morgan fingerprint density at radius 1 is 1.48 bits per heavy atom. The normalized spacial score (nSPS) is 27.7. The van der Waals surface area contributed by atoms with Crippen LogP contribution >= 0.6 is 0 Å². The highest BCUT2D eigenvalue weighted by atomic mass is 16.6. The van der Waals surface area contributed by atoms with Crippen molar-refractivity contribution in [3.05, 3.63) is 30.1 Å². The fourth-order valence-corrected chi connectivity index (χ4v) is 3.32. The number of rotatable bonds is 5. The number of likely N-dealkylation sites (N-methyl/N-ethyl adjacent to an activating group) is 1. The first-order valence-electron chi connectivity index (χ1n) is 8.13. The van der Waals surface area contributed by atoms with Crippen LogP contribution in [0.3, 0.4) is 0 Å². The minimum Gasteiger partial charge on any atom is -0.371 e. The van der Waals surface area contributed by atoms with Gasteiger partial charge in [-0.1, -0.05) is 0 Å². The van der Waals surface area contributed by atoms with E-state index in [0.717, 1.165) is 32.5 Å². The number of hydrogen-bond acceptors (Lipinski definition) is 5. The molecule has 0 aliphatic carbocycles. The van der Waals surface area contributed by atoms with Crippen LogP contribution in [0.4, 0.5) is 0 Å². The van der Waals surface area contributed by atoms with Crippen molar-refractivity contribution < 1.29 is 14.3 Å². The number of carbonyl (C=O) groups excluding carboxylic acids is 1. The highest BCUT2D eigenvalue weighted by Gasteiger charge is 2.45. The number of nitrogens with zero attached hydrogens (tertiary/aromatic N) is 3. The SMILES string of the molecule is CN(C)C(=O)COC1COC2(CCN(Cc3ccncc3)C2)C1. The summed E-state index contributed by atoms with van der Waals surface area (Å²) >= 11 is 0. The Labute approximate surface area is 137 Å². The Morgan fingerprint density at radius 3 is 3.00 bits per heavy atom. The molecule has 2 aliphatic heterocycles. The molecule has 0 bridgehead atoms. The average Bonchev–Trinajstić information content (AvgIpc) is 3.13. The van der Waals surface area contributed by atoms with Gasteiger partial charge in [0.1, 0.15) is 6.61 Å². The summed E-state index contributed by atoms with van der Waals surface area (Å²) in [4.78, 5) is 19.6. The van der Waals surface area contributed by atoms with Crippen molar-refractivity contribution >= 4 is 5.91 Å². The van der Waals surface area contributed by atoms with Crippen LogP contribution in [-0.2, 0) is 20.8 Å². The molecule has 23 heavy (non-hydrogen) atoms. The van der Waals surface area contributed by atoms with Gasteiger partial charge in [-0.15, -0.1) is 0 Å². The Hall–Kier alpha value is -1.50. The van der Waals surface area contributed by atoms with Gasteiger partial charge in [0.25, 0.3) is 0 Å². The third-order valence-corrected chi connectivity index (χ3v) is 4.67. The molecule has 2 unspecified atom stereocenters. The molecule has 0 aromatic carbocycles. The maximum Gasteiger partial charge on any atom is 0.248 e. The van der Waals surface area contributed by atoms with Crippen molar-refractivity contribution in [2.45, 2.75) is 31.1 Å². The standard InChI is InChI=1S/C17H25N3O3/c1-19(2)16(21)12-22-15-9-17(23-11-15)5-8-20(13-17)10-14-3-6-18-7-4-14/h3-4,6-7,15H,5,8-13H2,1-2H3. The first-order valence-corrected chi connectivity index (χ1v) is 8.13. The van der Waals surface area contributed by atoms with Crippen molar-refractivity contribution in [1.82, 2.24) is 14.8 Å². The molecule has 3 heterocycles. The Balaban J connectivity index is 1.47. The Morgan fingerprint density at radius 2 is 2.26 bits per heavy atom. The lowest BCUT2D eigenvalue weighted by Gasteiger charge is -2.23. The average molecular weight is 319 g/mol. The molecule has 126 valence electrons. The van der Waals surface area contributed by atoms with Crippen LogP contribution in [0, 0.1) is 0 Å². The van der Waals surface area contributed by atoms with E-state index in [0.29, 0.717) is 6.61 Å². The highest BCUT2D eigenvalue weighted by Crippen LogP contribution is 2.36. The van der Waals surface area contributed by atoms with E-state index >= 15 is 0 Å². The first-order chi connectivity index (χ1) is 11.1. The smallest absolute Gasteiger partial charge is 0.248 e. The molecular weight excluding hydrogens is 294 g/mol. The van der Waals surface area contributed by atoms with E-state index in [1.807, 2.05) is 12.4 Å². The van der Waals surface area contributed by atoms with Crippen molar-refractivity contribution in [3.8, 4) is 0 Å². The fraction of sp³-hybridized carbons (Fsp3) is 0.647. The van der Waals surface area contributed by atoms with Crippen LogP contribution in [0.2, 0.25) is 0 Å². The van der Waals surface area contributed by atoms with E-state index < -0.39 is 0 Å². The zero-order chi connectivity index (χ0) is 16.3. The number of hydrogen-bond donors (Lipinski definition) is 0. The number of ether oxygens (including phenoxy) is 2. The van der Waals surface area contributed by atoms with Crippen LogP contribution in [0.1, 0.15) is 18.4 Å². The number of amides is 1. The Kier molecular flexibility index (Phi) is 4.94. The second kappa shape index (κ2) is 6.95. The van der Waals surface area contributed by atoms with Crippen molar-refractivity contribution in [3.63, 3.8) is 0 Å². The minimum absolute atomic E-state index is 0.00307. The molecule has 2 saturated heterocycles. The largest absolute Gasteiger partial charge is 0.371 e. The summed E-state index contributed by atoms with van der Waals surface area (Å²) < 4.78 is 11.8. The Bertz CT molecular complexity index is 537. The van der Waals surface area contributed by atoms with Crippen molar-refractivity contribution in [2.75, 3.05) is 40.4 Å². The molecule has 0 radical (unpaired) electrons. The molecule has 0 saturated carbocycles. The lowest BCUT2D eigenvalue weighted by atomic mass is 9.98. The fourth-order valence-electron chi connectivity index (χ4n) is 3.32. The van der Waals surface area contributed by atoms with Gasteiger partial charge < -0.3 is 14.4 Å². The molecule has 1 aromatic rings. The van der Waals surface area contributed by atoms with Gasteiger partial charge in [0.05, 0.1) is 18.3 Å². The van der Waals surface area contributed by atoms with Gasteiger partial charge in [0.2, 0.25) is 5.91 Å². The molecule has 2 fully saturated rings. The summed E-state index contributed by atoms with van der Waals surface area (Å²) in [6.07, 6.45) is 5.59. The summed E-state index contributed by atoms with van der Waals surface area (Å²) in [6.45, 7) is 3.61. The van der Waals surface area contributed by atoms with Crippen molar-refractivity contribution in [2.24, 2.45) is 0 Å². The molecule has 1 aromatic heterocycles. The maximum absolute atomic E-state index is 11.6. The summed E-state index contributed by atoms with van der Waals surface area (Å²) in [5, 5.41) is 0. The lowest BCUT2D eigenvalue weighted by Crippen LogP contribution is -2.33. The van der Waals surface area contributed by atoms with Gasteiger partial charge in [-0.2, -0.15) is 0 Å². The molecule has 3 rings (SSSR count). The molecule has 2 aliphatic rings. The lowest BCUT2D eigenvalue weighted by molar-refractivity contribution is -0.135. The van der Waals surface area contributed by atoms with Crippen LogP contribution < -0.4 is 0 Å². The van der Waals surface area contributed by atoms with Crippen LogP contribution in [0.5, 0.6) is 0 Å². The van der Waals surface area contributed by atoms with Crippen LogP contribution in [0.15, 0.2) is 24.5 Å². The number of pyridine rings is 1. The van der Waals surface area contributed by atoms with Gasteiger partial charge >= 0.3 is 0 Å². The molecule has 0 N–H and O–H groups in total. The third-order valence-electron chi connectivity index (χ3n) is 4.67. The van der Waals surface area contributed by atoms with Crippen molar-refractivity contribution in [1.29, 1.82) is 0 Å². The van der Waals surface area contributed by atoms with E-state index in [1.165, 1.54) is 5.56 Å². The van der Waals surface area contributed by atoms with Gasteiger partial charge in [0.15, 0.2) is 0 Å². The summed E-state index contributed by atoms with van der Waals surface area (Å²) in [5.74, 6) is -0.00307. The number of likely N-dealkylation sites (tertiary alicyclic amines) is 1. The zero-order valence-electron chi connectivity index (χ0n) is 13.9. The van der Waals surface area contributed by atoms with E-state index in [-0.39, 0.29) is 24.2 Å². The topological polar surface area (TPSA) is 54.9 Å². The number of carbonyl (C=O) groups is 1. The first kappa shape index (κ1) is 16.4. The van der Waals surface area contributed by atoms with E-state index in [2.05, 4.69) is 22.0 Å². The molecule has 6 nitrogen and oxygen atoms in total. The van der Waals surface area contributed by atoms with Gasteiger partial charge in [-0.05, 0) is 24.1 Å². The van der Waals surface area contributed by atoms with Crippen LogP contribution in [-0.4, -0.2) is 72.8 Å². The number of aromatic nitrogens is 1. The van der Waals surface area contributed by atoms with Gasteiger partial charge in [-0.25, -0.2) is 0 Å². The summed E-state index contributed by atoms with van der Waals surface area (Å²) in [5.41, 5.74) is 1.18. The van der Waals surface area contributed by atoms with E-state index in [4.69, 9.17) is 9.47 Å². The van der Waals surface area contributed by atoms with E-state index in [9.17, 15) is 4.79 Å². The summed E-state index contributed by atoms with van der Waals surface area (Å²) in [7, 11) is 3.48. The predicted octanol–water partition coefficient (Wildman–Crippen LogP) is 0.920. The maximum atomic E-state index is 11.6. The van der Waals surface area contributed by atoms with Gasteiger partial charge in [-0.3, -0.25) is 14.7 Å². The second-order valence-corrected chi connectivity index (χ2v) is 6.74. The van der Waals surface area contributed by atoms with Gasteiger partial charge in [0, 0.05) is 52.5 Å². The van der Waals surface area contributed by atoms with E-state index in [1.54, 1.807) is 19.0 Å². The monoisotopic (exact) mass is 319 g/mol. The summed E-state index contributed by atoms with van der Waals surface area (Å²) in [6, 6.07) is 4.11. The predicted molar refractivity (Wildman–Crippen MR) is 85.9 cm³/mol.